The molecule has 22 heavy (non-hydrogen) atoms. The maximum atomic E-state index is 12.6. The fourth-order valence-corrected chi connectivity index (χ4v) is 2.73. The molecule has 0 N–H and O–H groups in total. The second kappa shape index (κ2) is 6.89. The molecule has 0 unspecified atom stereocenters. The second-order valence-corrected chi connectivity index (χ2v) is 5.75. The molecule has 1 saturated heterocycles. The van der Waals surface area contributed by atoms with Gasteiger partial charge in [-0.2, -0.15) is 0 Å². The summed E-state index contributed by atoms with van der Waals surface area (Å²) in [5, 5.41) is 0.667. The van der Waals surface area contributed by atoms with Crippen molar-refractivity contribution in [1.29, 1.82) is 0 Å². The molecule has 1 amide bonds. The van der Waals surface area contributed by atoms with Crippen LogP contribution < -0.4 is 0 Å². The Labute approximate surface area is 133 Å². The molecule has 1 fully saturated rings. The lowest BCUT2D eigenvalue weighted by molar-refractivity contribution is -0.0228. The van der Waals surface area contributed by atoms with Gasteiger partial charge in [-0.05, 0) is 11.8 Å². The molecular formula is C16H17N3O2S. The number of amides is 1. The molecule has 114 valence electrons. The Morgan fingerprint density at radius 3 is 2.68 bits per heavy atom. The van der Waals surface area contributed by atoms with Crippen molar-refractivity contribution in [3.05, 3.63) is 53.9 Å². The summed E-state index contributed by atoms with van der Waals surface area (Å²) in [6.45, 7) is 1.68. The van der Waals surface area contributed by atoms with Crippen LogP contribution in [-0.2, 0) is 4.74 Å². The van der Waals surface area contributed by atoms with Crippen molar-refractivity contribution in [2.24, 2.45) is 0 Å². The van der Waals surface area contributed by atoms with E-state index >= 15 is 0 Å². The quantitative estimate of drug-likeness (QED) is 0.643. The normalized spacial score (nSPS) is 18.2. The standard InChI is InChI=1S/C16H17N3O2S/c1-22-16-17-9-13(10-18-16)15(20)19-7-8-21-14(11-19)12-5-3-2-4-6-12/h2-6,9-10,14H,7-8,11H2,1H3/t14-/m1/s1. The van der Waals surface area contributed by atoms with Crippen molar-refractivity contribution < 1.29 is 9.53 Å². The molecule has 1 aliphatic rings. The SMILES string of the molecule is CSc1ncc(C(=O)N2CCO[C@@H](c3ccccc3)C2)cn1. The minimum atomic E-state index is -0.0784. The van der Waals surface area contributed by atoms with E-state index in [9.17, 15) is 4.79 Å². The average molecular weight is 315 g/mol. The molecule has 3 rings (SSSR count). The molecule has 1 aromatic heterocycles. The van der Waals surface area contributed by atoms with Crippen molar-refractivity contribution in [2.75, 3.05) is 26.0 Å². The lowest BCUT2D eigenvalue weighted by Crippen LogP contribution is -2.42. The van der Waals surface area contributed by atoms with Crippen LogP contribution in [0.5, 0.6) is 0 Å². The molecule has 0 bridgehead atoms. The first-order valence-electron chi connectivity index (χ1n) is 7.10. The molecule has 1 aromatic carbocycles. The van der Waals surface area contributed by atoms with Crippen LogP contribution in [0.4, 0.5) is 0 Å². The Hall–Kier alpha value is -1.92. The molecule has 0 radical (unpaired) electrons. The molecule has 1 atom stereocenters. The second-order valence-electron chi connectivity index (χ2n) is 4.98. The number of thioether (sulfide) groups is 1. The zero-order chi connectivity index (χ0) is 15.4. The smallest absolute Gasteiger partial charge is 0.257 e. The van der Waals surface area contributed by atoms with Gasteiger partial charge in [-0.1, -0.05) is 42.1 Å². The Balaban J connectivity index is 1.72. The number of hydrogen-bond donors (Lipinski definition) is 0. The summed E-state index contributed by atoms with van der Waals surface area (Å²) >= 11 is 1.46. The maximum absolute atomic E-state index is 12.6. The number of morpholine rings is 1. The molecule has 0 aliphatic carbocycles. The predicted molar refractivity (Wildman–Crippen MR) is 84.9 cm³/mol. The largest absolute Gasteiger partial charge is 0.370 e. The summed E-state index contributed by atoms with van der Waals surface area (Å²) in [4.78, 5) is 22.7. The number of ether oxygens (including phenoxy) is 1. The van der Waals surface area contributed by atoms with Gasteiger partial charge in [-0.15, -0.1) is 0 Å². The van der Waals surface area contributed by atoms with Crippen LogP contribution in [0.2, 0.25) is 0 Å². The number of nitrogens with zero attached hydrogens (tertiary/aromatic N) is 3. The number of carbonyl (C=O) groups is 1. The van der Waals surface area contributed by atoms with Crippen LogP contribution in [0.3, 0.4) is 0 Å². The van der Waals surface area contributed by atoms with E-state index in [0.717, 1.165) is 5.56 Å². The summed E-state index contributed by atoms with van der Waals surface area (Å²) in [6.07, 6.45) is 5.01. The van der Waals surface area contributed by atoms with E-state index in [1.165, 1.54) is 11.8 Å². The van der Waals surface area contributed by atoms with Crippen molar-refractivity contribution in [3.8, 4) is 0 Å². The monoisotopic (exact) mass is 315 g/mol. The Kier molecular flexibility index (Phi) is 4.70. The van der Waals surface area contributed by atoms with Crippen molar-refractivity contribution in [1.82, 2.24) is 14.9 Å². The van der Waals surface area contributed by atoms with Gasteiger partial charge in [-0.3, -0.25) is 4.79 Å². The number of aromatic nitrogens is 2. The summed E-state index contributed by atoms with van der Waals surface area (Å²) in [7, 11) is 0. The summed E-state index contributed by atoms with van der Waals surface area (Å²) < 4.78 is 5.79. The molecule has 2 heterocycles. The number of carbonyl (C=O) groups excluding carboxylic acids is 1. The van der Waals surface area contributed by atoms with E-state index in [1.807, 2.05) is 36.6 Å². The Morgan fingerprint density at radius 1 is 1.27 bits per heavy atom. The first-order valence-corrected chi connectivity index (χ1v) is 8.32. The van der Waals surface area contributed by atoms with Gasteiger partial charge in [0.2, 0.25) is 0 Å². The molecule has 0 saturated carbocycles. The van der Waals surface area contributed by atoms with Crippen molar-refractivity contribution >= 4 is 17.7 Å². The van der Waals surface area contributed by atoms with Gasteiger partial charge in [0.05, 0.1) is 18.7 Å². The van der Waals surface area contributed by atoms with E-state index in [4.69, 9.17) is 4.74 Å². The summed E-state index contributed by atoms with van der Waals surface area (Å²) in [6, 6.07) is 9.98. The minimum Gasteiger partial charge on any atom is -0.370 e. The number of rotatable bonds is 3. The third-order valence-corrected chi connectivity index (χ3v) is 4.16. The molecule has 6 heteroatoms. The number of hydrogen-bond acceptors (Lipinski definition) is 5. The van der Waals surface area contributed by atoms with Crippen LogP contribution in [-0.4, -0.2) is 46.7 Å². The molecule has 0 spiro atoms. The molecular weight excluding hydrogens is 298 g/mol. The highest BCUT2D eigenvalue weighted by molar-refractivity contribution is 7.98. The van der Waals surface area contributed by atoms with Gasteiger partial charge in [0.15, 0.2) is 5.16 Å². The van der Waals surface area contributed by atoms with Gasteiger partial charge >= 0.3 is 0 Å². The van der Waals surface area contributed by atoms with Crippen LogP contribution in [0, 0.1) is 0 Å². The van der Waals surface area contributed by atoms with Crippen LogP contribution in [0.15, 0.2) is 47.9 Å². The van der Waals surface area contributed by atoms with E-state index in [0.29, 0.717) is 30.4 Å². The van der Waals surface area contributed by atoms with Crippen LogP contribution >= 0.6 is 11.8 Å². The van der Waals surface area contributed by atoms with E-state index in [2.05, 4.69) is 9.97 Å². The fraction of sp³-hybridized carbons (Fsp3) is 0.312. The molecule has 2 aromatic rings. The van der Waals surface area contributed by atoms with E-state index < -0.39 is 0 Å². The maximum Gasteiger partial charge on any atom is 0.257 e. The highest BCUT2D eigenvalue weighted by Crippen LogP contribution is 2.23. The lowest BCUT2D eigenvalue weighted by atomic mass is 10.1. The summed E-state index contributed by atoms with van der Waals surface area (Å²) in [5.74, 6) is -0.0446. The van der Waals surface area contributed by atoms with Gasteiger partial charge in [0, 0.05) is 18.9 Å². The van der Waals surface area contributed by atoms with Crippen molar-refractivity contribution in [3.63, 3.8) is 0 Å². The minimum absolute atomic E-state index is 0.0446. The van der Waals surface area contributed by atoms with Gasteiger partial charge in [0.1, 0.15) is 6.10 Å². The van der Waals surface area contributed by atoms with Crippen LogP contribution in [0.25, 0.3) is 0 Å². The molecule has 1 aliphatic heterocycles. The predicted octanol–water partition coefficient (Wildman–Crippen LogP) is 2.41. The van der Waals surface area contributed by atoms with E-state index in [-0.39, 0.29) is 12.0 Å². The van der Waals surface area contributed by atoms with E-state index in [1.54, 1.807) is 17.3 Å². The fourth-order valence-electron chi connectivity index (χ4n) is 2.42. The zero-order valence-electron chi connectivity index (χ0n) is 12.3. The summed E-state index contributed by atoms with van der Waals surface area (Å²) in [5.41, 5.74) is 1.61. The third kappa shape index (κ3) is 3.28. The highest BCUT2D eigenvalue weighted by atomic mass is 32.2. The van der Waals surface area contributed by atoms with Crippen LogP contribution in [0.1, 0.15) is 22.0 Å². The third-order valence-electron chi connectivity index (χ3n) is 3.58. The Morgan fingerprint density at radius 2 is 2.00 bits per heavy atom. The van der Waals surface area contributed by atoms with Crippen molar-refractivity contribution in [2.45, 2.75) is 11.3 Å². The topological polar surface area (TPSA) is 55.3 Å². The zero-order valence-corrected chi connectivity index (χ0v) is 13.1. The van der Waals surface area contributed by atoms with Gasteiger partial charge < -0.3 is 9.64 Å². The average Bonchev–Trinajstić information content (AvgIpc) is 2.62. The Bertz CT molecular complexity index is 634. The first kappa shape index (κ1) is 15.0. The van der Waals surface area contributed by atoms with Gasteiger partial charge in [0.25, 0.3) is 5.91 Å². The van der Waals surface area contributed by atoms with Gasteiger partial charge in [-0.25, -0.2) is 9.97 Å². The lowest BCUT2D eigenvalue weighted by Gasteiger charge is -2.33. The molecule has 5 nitrogen and oxygen atoms in total. The number of benzene rings is 1. The first-order chi connectivity index (χ1) is 10.8. The highest BCUT2D eigenvalue weighted by Gasteiger charge is 2.26.